The molecule has 0 aliphatic carbocycles. The number of carbonyl (C=O) groups is 1. The fourth-order valence-corrected chi connectivity index (χ4v) is 2.21. The zero-order valence-corrected chi connectivity index (χ0v) is 11.0. The van der Waals surface area contributed by atoms with Crippen molar-refractivity contribution in [1.29, 1.82) is 5.26 Å². The van der Waals surface area contributed by atoms with Gasteiger partial charge < -0.3 is 4.90 Å². The minimum absolute atomic E-state index is 0.0432. The van der Waals surface area contributed by atoms with E-state index in [4.69, 9.17) is 16.9 Å². The number of carbonyl (C=O) groups excluding carboxylic acids is 1. The van der Waals surface area contributed by atoms with Crippen molar-refractivity contribution < 1.29 is 9.18 Å². The maximum Gasteiger partial charge on any atom is 0.243 e. The predicted octanol–water partition coefficient (Wildman–Crippen LogP) is 2.39. The van der Waals surface area contributed by atoms with Gasteiger partial charge in [0.05, 0.1) is 10.7 Å². The van der Waals surface area contributed by atoms with E-state index < -0.39 is 5.82 Å². The minimum atomic E-state index is -0.547. The molecule has 1 aromatic rings. The predicted molar refractivity (Wildman–Crippen MR) is 70.2 cm³/mol. The first kappa shape index (κ1) is 13.6. The molecule has 1 aliphatic rings. The molecule has 0 aromatic heterocycles. The van der Waals surface area contributed by atoms with Crippen LogP contribution in [0.5, 0.6) is 0 Å². The van der Waals surface area contributed by atoms with Gasteiger partial charge in [-0.25, -0.2) is 4.39 Å². The van der Waals surface area contributed by atoms with Gasteiger partial charge in [-0.1, -0.05) is 11.6 Å². The average molecular weight is 282 g/mol. The summed E-state index contributed by atoms with van der Waals surface area (Å²) in [4.78, 5) is 14.9. The van der Waals surface area contributed by atoms with E-state index >= 15 is 0 Å². The first-order chi connectivity index (χ1) is 9.11. The molecular weight excluding hydrogens is 269 g/mol. The van der Waals surface area contributed by atoms with Crippen LogP contribution in [0.15, 0.2) is 18.2 Å². The lowest BCUT2D eigenvalue weighted by Gasteiger charge is -2.20. The first-order valence-electron chi connectivity index (χ1n) is 6.02. The third kappa shape index (κ3) is 3.15. The zero-order valence-electron chi connectivity index (χ0n) is 10.3. The summed E-state index contributed by atoms with van der Waals surface area (Å²) in [6.45, 7) is 1.43. The van der Waals surface area contributed by atoms with E-state index in [9.17, 15) is 9.18 Å². The summed E-state index contributed by atoms with van der Waals surface area (Å²) in [5.41, 5.74) is 0.418. The molecule has 1 saturated heterocycles. The molecule has 19 heavy (non-hydrogen) atoms. The van der Waals surface area contributed by atoms with Crippen molar-refractivity contribution in [3.05, 3.63) is 29.0 Å². The molecule has 0 radical (unpaired) electrons. The molecular formula is C13H13ClFN3O. The summed E-state index contributed by atoms with van der Waals surface area (Å²) in [5, 5.41) is 9.04. The molecule has 1 heterocycles. The van der Waals surface area contributed by atoms with Gasteiger partial charge in [0.15, 0.2) is 6.19 Å². The van der Waals surface area contributed by atoms with E-state index in [-0.39, 0.29) is 17.5 Å². The highest BCUT2D eigenvalue weighted by molar-refractivity contribution is 6.31. The van der Waals surface area contributed by atoms with E-state index in [1.54, 1.807) is 4.90 Å². The second kappa shape index (κ2) is 5.89. The van der Waals surface area contributed by atoms with E-state index in [2.05, 4.69) is 0 Å². The SMILES string of the molecule is N#CN(CC(=O)N1CCCC1)c1ccc(F)c(Cl)c1. The van der Waals surface area contributed by atoms with Crippen LogP contribution in [-0.2, 0) is 4.79 Å². The van der Waals surface area contributed by atoms with Crippen LogP contribution in [-0.4, -0.2) is 30.4 Å². The number of likely N-dealkylation sites (tertiary alicyclic amines) is 1. The molecule has 1 aliphatic heterocycles. The number of amides is 1. The van der Waals surface area contributed by atoms with Gasteiger partial charge in [0, 0.05) is 13.1 Å². The van der Waals surface area contributed by atoms with E-state index in [1.807, 2.05) is 6.19 Å². The smallest absolute Gasteiger partial charge is 0.243 e. The van der Waals surface area contributed by atoms with Crippen LogP contribution in [0.3, 0.4) is 0 Å². The van der Waals surface area contributed by atoms with Crippen molar-refractivity contribution in [2.24, 2.45) is 0 Å². The molecule has 0 spiro atoms. The van der Waals surface area contributed by atoms with Gasteiger partial charge in [0.25, 0.3) is 0 Å². The number of nitrogens with zero attached hydrogens (tertiary/aromatic N) is 3. The number of nitriles is 1. The van der Waals surface area contributed by atoms with Crippen LogP contribution in [0.25, 0.3) is 0 Å². The maximum atomic E-state index is 13.1. The summed E-state index contributed by atoms with van der Waals surface area (Å²) in [7, 11) is 0. The molecule has 1 amide bonds. The molecule has 4 nitrogen and oxygen atoms in total. The van der Waals surface area contributed by atoms with Crippen molar-refractivity contribution in [3.63, 3.8) is 0 Å². The standard InChI is InChI=1S/C13H13ClFN3O/c14-11-7-10(3-4-12(11)15)18(9-16)8-13(19)17-5-1-2-6-17/h3-4,7H,1-2,5-6,8H2. The molecule has 2 rings (SSSR count). The highest BCUT2D eigenvalue weighted by atomic mass is 35.5. The van der Waals surface area contributed by atoms with E-state index in [0.717, 1.165) is 25.9 Å². The number of rotatable bonds is 3. The quantitative estimate of drug-likeness (QED) is 0.631. The van der Waals surface area contributed by atoms with Gasteiger partial charge in [-0.05, 0) is 31.0 Å². The van der Waals surface area contributed by atoms with Crippen molar-refractivity contribution in [3.8, 4) is 6.19 Å². The number of anilines is 1. The Morgan fingerprint density at radius 1 is 1.47 bits per heavy atom. The molecule has 1 fully saturated rings. The molecule has 0 atom stereocenters. The summed E-state index contributed by atoms with van der Waals surface area (Å²) in [5.74, 6) is -0.645. The Kier molecular flexibility index (Phi) is 4.23. The molecule has 100 valence electrons. The van der Waals surface area contributed by atoms with Gasteiger partial charge in [-0.15, -0.1) is 0 Å². The fraction of sp³-hybridized carbons (Fsp3) is 0.385. The van der Waals surface area contributed by atoms with Gasteiger partial charge in [-0.2, -0.15) is 5.26 Å². The summed E-state index contributed by atoms with van der Waals surface area (Å²) < 4.78 is 13.1. The second-order valence-electron chi connectivity index (χ2n) is 4.37. The van der Waals surface area contributed by atoms with Crippen molar-refractivity contribution >= 4 is 23.2 Å². The second-order valence-corrected chi connectivity index (χ2v) is 4.78. The fourth-order valence-electron chi connectivity index (χ4n) is 2.04. The Morgan fingerprint density at radius 2 is 2.16 bits per heavy atom. The summed E-state index contributed by atoms with van der Waals surface area (Å²) in [6.07, 6.45) is 3.93. The summed E-state index contributed by atoms with van der Waals surface area (Å²) in [6, 6.07) is 3.96. The number of halogens is 2. The lowest BCUT2D eigenvalue weighted by atomic mass is 10.3. The zero-order chi connectivity index (χ0) is 13.8. The van der Waals surface area contributed by atoms with Crippen LogP contribution in [0.4, 0.5) is 10.1 Å². The Hall–Kier alpha value is -1.80. The lowest BCUT2D eigenvalue weighted by Crippen LogP contribution is -2.37. The summed E-state index contributed by atoms with van der Waals surface area (Å²) >= 11 is 5.67. The third-order valence-electron chi connectivity index (χ3n) is 3.09. The number of hydrogen-bond acceptors (Lipinski definition) is 3. The minimum Gasteiger partial charge on any atom is -0.341 e. The van der Waals surface area contributed by atoms with E-state index in [1.165, 1.54) is 23.1 Å². The molecule has 0 unspecified atom stereocenters. The first-order valence-corrected chi connectivity index (χ1v) is 6.39. The molecule has 0 bridgehead atoms. The van der Waals surface area contributed by atoms with Crippen molar-refractivity contribution in [2.75, 3.05) is 24.5 Å². The van der Waals surface area contributed by atoms with Gasteiger partial charge >= 0.3 is 0 Å². The van der Waals surface area contributed by atoms with Gasteiger partial charge in [-0.3, -0.25) is 9.69 Å². The van der Waals surface area contributed by atoms with Crippen LogP contribution < -0.4 is 4.90 Å². The Balaban J connectivity index is 2.09. The molecule has 6 heteroatoms. The Bertz CT molecular complexity index is 523. The number of benzene rings is 1. The van der Waals surface area contributed by atoms with Crippen LogP contribution in [0.2, 0.25) is 5.02 Å². The molecule has 0 N–H and O–H groups in total. The highest BCUT2D eigenvalue weighted by Gasteiger charge is 2.21. The van der Waals surface area contributed by atoms with Crippen molar-refractivity contribution in [1.82, 2.24) is 4.90 Å². The molecule has 0 saturated carbocycles. The van der Waals surface area contributed by atoms with Crippen LogP contribution in [0.1, 0.15) is 12.8 Å². The number of hydrogen-bond donors (Lipinski definition) is 0. The monoisotopic (exact) mass is 281 g/mol. The topological polar surface area (TPSA) is 47.3 Å². The van der Waals surface area contributed by atoms with Crippen LogP contribution >= 0.6 is 11.6 Å². The maximum absolute atomic E-state index is 13.1. The van der Waals surface area contributed by atoms with Gasteiger partial charge in [0.2, 0.25) is 5.91 Å². The average Bonchev–Trinajstić information content (AvgIpc) is 2.93. The molecule has 1 aromatic carbocycles. The van der Waals surface area contributed by atoms with E-state index in [0.29, 0.717) is 5.69 Å². The third-order valence-corrected chi connectivity index (χ3v) is 3.38. The van der Waals surface area contributed by atoms with Crippen molar-refractivity contribution in [2.45, 2.75) is 12.8 Å². The normalized spacial score (nSPS) is 14.3. The van der Waals surface area contributed by atoms with Gasteiger partial charge in [0.1, 0.15) is 12.4 Å². The Morgan fingerprint density at radius 3 is 2.74 bits per heavy atom. The largest absolute Gasteiger partial charge is 0.341 e. The Labute approximate surface area is 116 Å². The lowest BCUT2D eigenvalue weighted by molar-refractivity contribution is -0.128. The van der Waals surface area contributed by atoms with Crippen LogP contribution in [0, 0.1) is 17.3 Å². The highest BCUT2D eigenvalue weighted by Crippen LogP contribution is 2.22.